The summed E-state index contributed by atoms with van der Waals surface area (Å²) in [6.45, 7) is 5.17. The zero-order valence-electron chi connectivity index (χ0n) is 10.6. The molecule has 1 atom stereocenters. The van der Waals surface area contributed by atoms with Crippen molar-refractivity contribution in [1.82, 2.24) is 4.98 Å². The van der Waals surface area contributed by atoms with Crippen LogP contribution in [0.1, 0.15) is 32.4 Å². The Bertz CT molecular complexity index is 431. The molecule has 7 heteroatoms. The molecule has 1 unspecified atom stereocenters. The largest absolute Gasteiger partial charge is 0.488 e. The van der Waals surface area contributed by atoms with Gasteiger partial charge in [0.25, 0.3) is 0 Å². The van der Waals surface area contributed by atoms with Crippen molar-refractivity contribution in [1.29, 1.82) is 0 Å². The first-order chi connectivity index (χ1) is 8.22. The molecule has 1 aromatic heterocycles. The van der Waals surface area contributed by atoms with Crippen LogP contribution in [0, 0.1) is 0 Å². The lowest BCUT2D eigenvalue weighted by Gasteiger charge is -2.23. The Morgan fingerprint density at radius 2 is 2.11 bits per heavy atom. The molecule has 0 aliphatic rings. The van der Waals surface area contributed by atoms with Crippen molar-refractivity contribution < 1.29 is 19.6 Å². The summed E-state index contributed by atoms with van der Waals surface area (Å²) >= 11 is 0. The summed E-state index contributed by atoms with van der Waals surface area (Å²) in [5, 5.41) is 18.4. The van der Waals surface area contributed by atoms with Crippen LogP contribution in [0.25, 0.3) is 0 Å². The monoisotopic (exact) mass is 252 g/mol. The van der Waals surface area contributed by atoms with Gasteiger partial charge in [-0.1, -0.05) is 0 Å². The average molecular weight is 252 g/mol. The summed E-state index contributed by atoms with van der Waals surface area (Å²) in [5.41, 5.74) is 5.47. The van der Waals surface area contributed by atoms with Gasteiger partial charge in [0.05, 0.1) is 0 Å². The second kappa shape index (κ2) is 5.47. The van der Waals surface area contributed by atoms with Gasteiger partial charge in [-0.3, -0.25) is 4.98 Å². The smallest absolute Gasteiger partial charge is 0.459 e. The standard InChI is InChI=1S/C11H17BN2O4/c1-11(2,3)18-10(15)9(13)7-6-14-5-4-8(7)12(16)17/h4-6,9,16-17H,13H2,1-3H3. The number of carbonyl (C=O) groups is 1. The van der Waals surface area contributed by atoms with E-state index < -0.39 is 24.7 Å². The fraction of sp³-hybridized carbons (Fsp3) is 0.455. The van der Waals surface area contributed by atoms with Crippen molar-refractivity contribution in [3.05, 3.63) is 24.0 Å². The zero-order valence-corrected chi connectivity index (χ0v) is 10.6. The Morgan fingerprint density at radius 3 is 2.61 bits per heavy atom. The van der Waals surface area contributed by atoms with E-state index in [-0.39, 0.29) is 11.0 Å². The highest BCUT2D eigenvalue weighted by Crippen LogP contribution is 2.14. The maximum absolute atomic E-state index is 11.8. The van der Waals surface area contributed by atoms with Crippen molar-refractivity contribution >= 4 is 18.6 Å². The van der Waals surface area contributed by atoms with Crippen LogP contribution in [-0.4, -0.2) is 33.7 Å². The van der Waals surface area contributed by atoms with Gasteiger partial charge >= 0.3 is 13.1 Å². The number of nitrogens with two attached hydrogens (primary N) is 1. The number of hydrogen-bond donors (Lipinski definition) is 3. The van der Waals surface area contributed by atoms with E-state index in [9.17, 15) is 14.8 Å². The molecule has 1 aromatic rings. The highest BCUT2D eigenvalue weighted by molar-refractivity contribution is 6.59. The van der Waals surface area contributed by atoms with Gasteiger partial charge in [-0.15, -0.1) is 0 Å². The molecule has 1 rings (SSSR count). The Kier molecular flexibility index (Phi) is 4.45. The van der Waals surface area contributed by atoms with Crippen LogP contribution in [0.15, 0.2) is 18.5 Å². The molecule has 6 nitrogen and oxygen atoms in total. The molecule has 0 spiro atoms. The lowest BCUT2D eigenvalue weighted by molar-refractivity contribution is -0.156. The van der Waals surface area contributed by atoms with Crippen LogP contribution in [0.4, 0.5) is 0 Å². The molecule has 0 aromatic carbocycles. The first-order valence-electron chi connectivity index (χ1n) is 5.51. The van der Waals surface area contributed by atoms with Crippen LogP contribution in [0.2, 0.25) is 0 Å². The zero-order chi connectivity index (χ0) is 13.9. The Hall–Kier alpha value is -1.44. The van der Waals surface area contributed by atoms with E-state index in [0.717, 1.165) is 0 Å². The average Bonchev–Trinajstić information content (AvgIpc) is 2.25. The number of rotatable bonds is 3. The lowest BCUT2D eigenvalue weighted by atomic mass is 9.76. The topological polar surface area (TPSA) is 106 Å². The fourth-order valence-corrected chi connectivity index (χ4v) is 1.40. The lowest BCUT2D eigenvalue weighted by Crippen LogP contribution is -2.39. The van der Waals surface area contributed by atoms with Crippen LogP contribution in [-0.2, 0) is 9.53 Å². The molecular weight excluding hydrogens is 235 g/mol. The minimum atomic E-state index is -1.71. The molecule has 0 amide bonds. The van der Waals surface area contributed by atoms with E-state index >= 15 is 0 Å². The maximum Gasteiger partial charge on any atom is 0.488 e. The minimum Gasteiger partial charge on any atom is -0.459 e. The van der Waals surface area contributed by atoms with Gasteiger partial charge in [0.15, 0.2) is 0 Å². The van der Waals surface area contributed by atoms with Gasteiger partial charge in [0, 0.05) is 12.4 Å². The SMILES string of the molecule is CC(C)(C)OC(=O)C(N)c1cnccc1B(O)O. The number of hydrogen-bond acceptors (Lipinski definition) is 6. The predicted molar refractivity (Wildman–Crippen MR) is 66.8 cm³/mol. The fourth-order valence-electron chi connectivity index (χ4n) is 1.40. The van der Waals surface area contributed by atoms with Gasteiger partial charge < -0.3 is 20.5 Å². The quantitative estimate of drug-likeness (QED) is 0.475. The number of ether oxygens (including phenoxy) is 1. The maximum atomic E-state index is 11.8. The van der Waals surface area contributed by atoms with Crippen molar-refractivity contribution in [2.45, 2.75) is 32.4 Å². The van der Waals surface area contributed by atoms with Crippen LogP contribution in [0.5, 0.6) is 0 Å². The summed E-state index contributed by atoms with van der Waals surface area (Å²) in [5.74, 6) is -0.641. The predicted octanol–water partition coefficient (Wildman–Crippen LogP) is -0.897. The van der Waals surface area contributed by atoms with E-state index in [1.54, 1.807) is 20.8 Å². The molecule has 1 heterocycles. The number of esters is 1. The molecule has 0 aliphatic carbocycles. The van der Waals surface area contributed by atoms with Crippen LogP contribution >= 0.6 is 0 Å². The van der Waals surface area contributed by atoms with E-state index in [0.29, 0.717) is 0 Å². The van der Waals surface area contributed by atoms with Gasteiger partial charge in [-0.05, 0) is 37.9 Å². The van der Waals surface area contributed by atoms with Crippen molar-refractivity contribution in [3.8, 4) is 0 Å². The van der Waals surface area contributed by atoms with Gasteiger partial charge in [0.2, 0.25) is 0 Å². The summed E-state index contributed by atoms with van der Waals surface area (Å²) in [6.07, 6.45) is 2.71. The molecule has 4 N–H and O–H groups in total. The Morgan fingerprint density at radius 1 is 1.50 bits per heavy atom. The molecule has 0 bridgehead atoms. The number of aromatic nitrogens is 1. The highest BCUT2D eigenvalue weighted by atomic mass is 16.6. The third kappa shape index (κ3) is 3.80. The van der Waals surface area contributed by atoms with E-state index in [1.165, 1.54) is 18.5 Å². The summed E-state index contributed by atoms with van der Waals surface area (Å²) in [6, 6.07) is 0.291. The van der Waals surface area contributed by atoms with Crippen LogP contribution < -0.4 is 11.2 Å². The molecule has 0 aliphatic heterocycles. The van der Waals surface area contributed by atoms with Crippen LogP contribution in [0.3, 0.4) is 0 Å². The number of nitrogens with zero attached hydrogens (tertiary/aromatic N) is 1. The van der Waals surface area contributed by atoms with Crippen molar-refractivity contribution in [2.75, 3.05) is 0 Å². The minimum absolute atomic E-state index is 0.142. The third-order valence-electron chi connectivity index (χ3n) is 2.16. The molecule has 98 valence electrons. The Labute approximate surface area is 106 Å². The summed E-state index contributed by atoms with van der Waals surface area (Å²) in [7, 11) is -1.71. The molecule has 0 saturated heterocycles. The number of carbonyl (C=O) groups excluding carboxylic acids is 1. The van der Waals surface area contributed by atoms with Gasteiger partial charge in [0.1, 0.15) is 11.6 Å². The number of pyridine rings is 1. The van der Waals surface area contributed by atoms with E-state index in [1.807, 2.05) is 0 Å². The third-order valence-corrected chi connectivity index (χ3v) is 2.16. The summed E-state index contributed by atoms with van der Waals surface area (Å²) < 4.78 is 5.13. The van der Waals surface area contributed by atoms with Gasteiger partial charge in [-0.25, -0.2) is 4.79 Å². The molecular formula is C11H17BN2O4. The van der Waals surface area contributed by atoms with E-state index in [4.69, 9.17) is 10.5 Å². The first-order valence-corrected chi connectivity index (χ1v) is 5.51. The van der Waals surface area contributed by atoms with Gasteiger partial charge in [-0.2, -0.15) is 0 Å². The second-order valence-electron chi connectivity index (χ2n) is 4.89. The normalized spacial score (nSPS) is 13.0. The molecule has 0 fully saturated rings. The Balaban J connectivity index is 2.97. The first kappa shape index (κ1) is 14.6. The van der Waals surface area contributed by atoms with E-state index in [2.05, 4.69) is 4.98 Å². The highest BCUT2D eigenvalue weighted by Gasteiger charge is 2.28. The summed E-state index contributed by atoms with van der Waals surface area (Å²) in [4.78, 5) is 15.6. The molecule has 18 heavy (non-hydrogen) atoms. The molecule has 0 radical (unpaired) electrons. The second-order valence-corrected chi connectivity index (χ2v) is 4.89. The van der Waals surface area contributed by atoms with Crippen molar-refractivity contribution in [2.24, 2.45) is 5.73 Å². The van der Waals surface area contributed by atoms with Crippen molar-refractivity contribution in [3.63, 3.8) is 0 Å². The molecule has 0 saturated carbocycles.